The molecule has 0 aliphatic carbocycles. The second-order valence-electron chi connectivity index (χ2n) is 26.4. The lowest BCUT2D eigenvalue weighted by Gasteiger charge is -2.34. The first-order chi connectivity index (χ1) is 43.8. The van der Waals surface area contributed by atoms with Crippen molar-refractivity contribution < 1.29 is 9.59 Å². The SMILES string of the molecule is C.C.C.C.C.CC(C)N1C(=O)S/C(=C/c2ccccc2)C1=O.CC(C)N1CCCc2ccccc21.CC(C)N1CCc2ccccc21.CC(C)N1CCc2ccccc2C1.CC(C)N1Cc2ccccc2C1.CC(C)n1cc2ccccc2c1.CC(C)n1ccc2ccccc21. The summed E-state index contributed by atoms with van der Waals surface area (Å²) in [5.41, 5.74) is 14.2. The van der Waals surface area contributed by atoms with Crippen LogP contribution in [0.4, 0.5) is 16.2 Å². The Labute approximate surface area is 587 Å². The van der Waals surface area contributed by atoms with Gasteiger partial charge >= 0.3 is 0 Å². The molecule has 96 heavy (non-hydrogen) atoms. The maximum Gasteiger partial charge on any atom is 0.293 e. The molecule has 5 aliphatic rings. The molecule has 0 N–H and O–H groups in total. The van der Waals surface area contributed by atoms with E-state index in [1.54, 1.807) is 11.6 Å². The van der Waals surface area contributed by atoms with E-state index in [9.17, 15) is 9.59 Å². The molecule has 0 saturated carbocycles. The number of aromatic nitrogens is 2. The number of imide groups is 1. The Hall–Kier alpha value is -7.63. The average molecular weight is 1320 g/mol. The van der Waals surface area contributed by atoms with E-state index in [-0.39, 0.29) is 54.3 Å². The Morgan fingerprint density at radius 3 is 1.29 bits per heavy atom. The number of anilines is 2. The van der Waals surface area contributed by atoms with Crippen LogP contribution < -0.4 is 9.80 Å². The fourth-order valence-corrected chi connectivity index (χ4v) is 13.2. The first-order valence-corrected chi connectivity index (χ1v) is 34.3. The number of fused-ring (bicyclic) bond motifs is 6. The Balaban J connectivity index is 0.000000290. The molecule has 2 amide bonds. The van der Waals surface area contributed by atoms with E-state index in [0.717, 1.165) is 37.0 Å². The van der Waals surface area contributed by atoms with E-state index in [4.69, 9.17) is 0 Å². The van der Waals surface area contributed by atoms with E-state index in [1.165, 1.54) is 111 Å². The molecule has 1 fully saturated rings. The Bertz CT molecular complexity index is 3690. The molecule has 0 bridgehead atoms. The highest BCUT2D eigenvalue weighted by atomic mass is 32.2. The van der Waals surface area contributed by atoms with Crippen LogP contribution in [0.5, 0.6) is 0 Å². The second kappa shape index (κ2) is 40.2. The molecule has 10 heteroatoms. The standard InChI is InChI=1S/C13H13NO2S.2C12H17N.C11H15N.C11H13N.C11H15N.C11H13N.5CH4/c1-9(2)14-12(15)11(17-13(14)16)8-10-6-4-3-5-7-10;1-10(2)13-9-5-7-11-6-3-4-8-12(11)13;1-10(2)13-8-7-11-5-3-4-6-12(11)9-13;2*1-9(2)12-7-10-5-3-4-6-11(10)8-12;2*1-9(2)12-8-7-10-5-3-4-6-11(10)12;;;;;/h3-9H,1-2H3;3-4,6,8,10H,5,7,9H2,1-2H3;3-6,10H,7-9H2,1-2H3;3-6,9H,7-8H2,1-2H3;3-9H,1-2H3;3-6,9H,7-8H2,1-2H3;3-9H,1-2H3;5*1H4/b11-8+;;;;;;;;;;;. The van der Waals surface area contributed by atoms with Crippen LogP contribution in [0.3, 0.4) is 0 Å². The summed E-state index contributed by atoms with van der Waals surface area (Å²) in [4.78, 5) is 35.4. The van der Waals surface area contributed by atoms with Crippen LogP contribution in [0.2, 0.25) is 0 Å². The van der Waals surface area contributed by atoms with Gasteiger partial charge in [0, 0.05) is 117 Å². The van der Waals surface area contributed by atoms with Gasteiger partial charge < -0.3 is 18.9 Å². The number of carbonyl (C=O) groups excluding carboxylic acids is 2. The zero-order valence-corrected chi connectivity index (χ0v) is 57.9. The molecule has 1 saturated heterocycles. The topological polar surface area (TPSA) is 60.2 Å². The van der Waals surface area contributed by atoms with Gasteiger partial charge in [0.1, 0.15) is 0 Å². The summed E-state index contributed by atoms with van der Waals surface area (Å²) in [5, 5.41) is 3.79. The van der Waals surface area contributed by atoms with Crippen molar-refractivity contribution in [3.05, 3.63) is 244 Å². The number of rotatable bonds is 8. The summed E-state index contributed by atoms with van der Waals surface area (Å²) < 4.78 is 4.53. The van der Waals surface area contributed by atoms with Crippen molar-refractivity contribution in [1.82, 2.24) is 23.8 Å². The van der Waals surface area contributed by atoms with Crippen molar-refractivity contribution in [3.63, 3.8) is 0 Å². The molecular weight excluding hydrogens is 1200 g/mol. The third-order valence-electron chi connectivity index (χ3n) is 17.6. The first kappa shape index (κ1) is 82.6. The summed E-state index contributed by atoms with van der Waals surface area (Å²) in [6.07, 6.45) is 13.3. The number of carbonyl (C=O) groups is 2. The van der Waals surface area contributed by atoms with E-state index >= 15 is 0 Å². The van der Waals surface area contributed by atoms with Crippen molar-refractivity contribution in [3.8, 4) is 0 Å². The molecule has 14 rings (SSSR count). The number of thioether (sulfide) groups is 1. The summed E-state index contributed by atoms with van der Waals surface area (Å²) in [6, 6.07) is 67.2. The van der Waals surface area contributed by atoms with Crippen LogP contribution in [-0.4, -0.2) is 84.8 Å². The van der Waals surface area contributed by atoms with Crippen molar-refractivity contribution in [2.75, 3.05) is 29.4 Å². The maximum atomic E-state index is 12.0. The van der Waals surface area contributed by atoms with E-state index < -0.39 is 0 Å². The van der Waals surface area contributed by atoms with E-state index in [2.05, 4.69) is 282 Å². The van der Waals surface area contributed by atoms with Crippen molar-refractivity contribution in [2.24, 2.45) is 0 Å². The molecule has 0 radical (unpaired) electrons. The van der Waals surface area contributed by atoms with Crippen LogP contribution in [0, 0.1) is 0 Å². The normalized spacial score (nSPS) is 14.7. The number of para-hydroxylation sites is 3. The van der Waals surface area contributed by atoms with Gasteiger partial charge in [-0.15, -0.1) is 0 Å². The van der Waals surface area contributed by atoms with E-state index in [1.807, 2.05) is 44.2 Å². The third kappa shape index (κ3) is 22.5. The lowest BCUT2D eigenvalue weighted by atomic mass is 9.99. The van der Waals surface area contributed by atoms with Gasteiger partial charge in [-0.3, -0.25) is 24.3 Å². The van der Waals surface area contributed by atoms with Crippen LogP contribution in [0.25, 0.3) is 27.8 Å². The summed E-state index contributed by atoms with van der Waals surface area (Å²) in [6.45, 7) is 37.6. The first-order valence-electron chi connectivity index (χ1n) is 33.5. The van der Waals surface area contributed by atoms with Crippen molar-refractivity contribution >= 4 is 62.0 Å². The molecule has 520 valence electrons. The highest BCUT2D eigenvalue weighted by molar-refractivity contribution is 8.18. The largest absolute Gasteiger partial charge is 0.369 e. The lowest BCUT2D eigenvalue weighted by molar-refractivity contribution is -0.123. The second-order valence-corrected chi connectivity index (χ2v) is 27.4. The van der Waals surface area contributed by atoms with Gasteiger partial charge in [-0.1, -0.05) is 195 Å². The minimum Gasteiger partial charge on any atom is -0.369 e. The van der Waals surface area contributed by atoms with Crippen LogP contribution in [0.1, 0.15) is 192 Å². The van der Waals surface area contributed by atoms with Crippen LogP contribution >= 0.6 is 11.8 Å². The zero-order valence-electron chi connectivity index (χ0n) is 57.1. The third-order valence-corrected chi connectivity index (χ3v) is 18.5. The van der Waals surface area contributed by atoms with Gasteiger partial charge in [-0.2, -0.15) is 0 Å². The van der Waals surface area contributed by atoms with Crippen molar-refractivity contribution in [1.29, 1.82) is 0 Å². The number of hydrogen-bond donors (Lipinski definition) is 0. The number of aryl methyl sites for hydroxylation is 1. The molecular formula is C86H123N7O2S. The van der Waals surface area contributed by atoms with Gasteiger partial charge in [0.2, 0.25) is 0 Å². The maximum absolute atomic E-state index is 12.0. The van der Waals surface area contributed by atoms with Gasteiger partial charge in [-0.05, 0) is 220 Å². The lowest BCUT2D eigenvalue weighted by Crippen LogP contribution is -2.35. The molecule has 0 spiro atoms. The predicted molar refractivity (Wildman–Crippen MR) is 424 cm³/mol. The minimum atomic E-state index is -0.196. The summed E-state index contributed by atoms with van der Waals surface area (Å²) in [5.74, 6) is -0.196. The van der Waals surface area contributed by atoms with Crippen LogP contribution in [-0.2, 0) is 43.7 Å². The fourth-order valence-electron chi connectivity index (χ4n) is 12.3. The summed E-state index contributed by atoms with van der Waals surface area (Å²) >= 11 is 1.00. The zero-order chi connectivity index (χ0) is 65.1. The summed E-state index contributed by atoms with van der Waals surface area (Å²) in [7, 11) is 0. The van der Waals surface area contributed by atoms with Gasteiger partial charge in [0.15, 0.2) is 0 Å². The van der Waals surface area contributed by atoms with Crippen LogP contribution in [0.15, 0.2) is 205 Å². The monoisotopic (exact) mass is 1320 g/mol. The van der Waals surface area contributed by atoms with E-state index in [0.29, 0.717) is 41.2 Å². The number of nitrogens with zero attached hydrogens (tertiary/aromatic N) is 7. The molecule has 0 atom stereocenters. The highest BCUT2D eigenvalue weighted by Crippen LogP contribution is 2.34. The van der Waals surface area contributed by atoms with Crippen molar-refractivity contribution in [2.45, 2.75) is 222 Å². The quantitative estimate of drug-likeness (QED) is 0.141. The predicted octanol–water partition coefficient (Wildman–Crippen LogP) is 22.9. The number of hydrogen-bond acceptors (Lipinski definition) is 7. The van der Waals surface area contributed by atoms with Gasteiger partial charge in [-0.25, -0.2) is 0 Å². The molecule has 2 aromatic heterocycles. The smallest absolute Gasteiger partial charge is 0.293 e. The van der Waals surface area contributed by atoms with Gasteiger partial charge in [0.05, 0.1) is 4.91 Å². The molecule has 5 aliphatic heterocycles. The Morgan fingerprint density at radius 2 is 0.802 bits per heavy atom. The van der Waals surface area contributed by atoms with Gasteiger partial charge in [0.25, 0.3) is 11.1 Å². The highest BCUT2D eigenvalue weighted by Gasteiger charge is 2.36. The molecule has 9 aromatic rings. The average Bonchev–Trinajstić information content (AvgIpc) is 1.69. The fraction of sp³-hybridized carbons (Fsp3) is 0.419. The minimum absolute atomic E-state index is 0. The Morgan fingerprint density at radius 1 is 0.375 bits per heavy atom. The molecule has 9 nitrogen and oxygen atoms in total. The number of benzene rings is 7. The molecule has 7 aromatic carbocycles. The number of amides is 2. The molecule has 7 heterocycles. The molecule has 0 unspecified atom stereocenters. The Kier molecular flexibility index (Phi) is 34.6.